The Bertz CT molecular complexity index is 1170. The average molecular weight is 544 g/mol. The number of ether oxygens (including phenoxy) is 2. The summed E-state index contributed by atoms with van der Waals surface area (Å²) in [6, 6.07) is 0.563. The fourth-order valence-electron chi connectivity index (χ4n) is 5.60. The van der Waals surface area contributed by atoms with E-state index in [1.165, 1.54) is 30.5 Å². The number of rotatable bonds is 7. The summed E-state index contributed by atoms with van der Waals surface area (Å²) in [4.78, 5) is 47.7. The lowest BCUT2D eigenvalue weighted by Gasteiger charge is -2.39. The first-order valence-electron chi connectivity index (χ1n) is 13.2. The van der Waals surface area contributed by atoms with Crippen molar-refractivity contribution in [2.24, 2.45) is 5.92 Å². The number of likely N-dealkylation sites (tertiary alicyclic amines) is 1. The summed E-state index contributed by atoms with van der Waals surface area (Å²) >= 11 is 0. The van der Waals surface area contributed by atoms with Crippen molar-refractivity contribution >= 4 is 29.7 Å². The van der Waals surface area contributed by atoms with Crippen molar-refractivity contribution in [1.29, 1.82) is 0 Å². The summed E-state index contributed by atoms with van der Waals surface area (Å²) in [5, 5.41) is 5.33. The molecule has 2 aromatic heterocycles. The van der Waals surface area contributed by atoms with Gasteiger partial charge in [0, 0.05) is 38.9 Å². The van der Waals surface area contributed by atoms with Gasteiger partial charge in [-0.1, -0.05) is 0 Å². The molecule has 210 valence electrons. The summed E-state index contributed by atoms with van der Waals surface area (Å²) in [5.41, 5.74) is 0. The Balaban J connectivity index is 1.18. The van der Waals surface area contributed by atoms with Crippen molar-refractivity contribution in [3.8, 4) is 5.88 Å². The van der Waals surface area contributed by atoms with E-state index >= 15 is 0 Å². The molecule has 0 aromatic carbocycles. The van der Waals surface area contributed by atoms with Crippen molar-refractivity contribution in [2.45, 2.75) is 50.5 Å². The van der Waals surface area contributed by atoms with Crippen LogP contribution in [-0.4, -0.2) is 107 Å². The van der Waals surface area contributed by atoms with Gasteiger partial charge in [0.25, 0.3) is 0 Å². The molecule has 5 rings (SSSR count). The highest BCUT2D eigenvalue weighted by Crippen LogP contribution is 2.38. The maximum absolute atomic E-state index is 15.0. The van der Waals surface area contributed by atoms with Gasteiger partial charge < -0.3 is 19.3 Å². The van der Waals surface area contributed by atoms with Crippen LogP contribution in [0.4, 0.5) is 31.6 Å². The Labute approximate surface area is 226 Å². The number of carbonyl (C=O) groups excluding carboxylic acids is 2. The molecule has 0 unspecified atom stereocenters. The summed E-state index contributed by atoms with van der Waals surface area (Å²) < 4.78 is 25.9. The lowest BCUT2D eigenvalue weighted by molar-refractivity contribution is 0.0492. The molecule has 2 saturated heterocycles. The van der Waals surface area contributed by atoms with Crippen LogP contribution in [0, 0.1) is 5.92 Å². The lowest BCUT2D eigenvalue weighted by Crippen LogP contribution is -2.55. The fraction of sp³-hybridized carbons (Fsp3) is 0.600. The first-order valence-corrected chi connectivity index (χ1v) is 13.2. The minimum Gasteiger partial charge on any atom is -0.477 e. The Hall–Kier alpha value is -3.81. The molecule has 1 saturated carbocycles. The zero-order chi connectivity index (χ0) is 27.5. The zero-order valence-corrected chi connectivity index (χ0v) is 22.3. The van der Waals surface area contributed by atoms with Gasteiger partial charge in [0.05, 0.1) is 25.0 Å². The van der Waals surface area contributed by atoms with E-state index in [1.807, 2.05) is 6.92 Å². The predicted octanol–water partition coefficient (Wildman–Crippen LogP) is 2.39. The molecule has 4 heterocycles. The monoisotopic (exact) mass is 543 g/mol. The molecule has 2 aliphatic heterocycles. The quantitative estimate of drug-likeness (QED) is 0.535. The number of urea groups is 1. The molecule has 0 spiro atoms. The number of nitrogens with one attached hydrogen (secondary N) is 2. The van der Waals surface area contributed by atoms with Gasteiger partial charge in [0.15, 0.2) is 5.82 Å². The van der Waals surface area contributed by atoms with Crippen LogP contribution in [0.5, 0.6) is 5.88 Å². The maximum atomic E-state index is 15.0. The number of hydrogen-bond acceptors (Lipinski definition) is 10. The number of likely N-dealkylation sites (N-methyl/N-ethyl adjacent to an activating group) is 2. The van der Waals surface area contributed by atoms with Gasteiger partial charge in [-0.15, -0.1) is 0 Å². The van der Waals surface area contributed by atoms with E-state index in [9.17, 15) is 14.0 Å². The third kappa shape index (κ3) is 6.10. The molecular weight excluding hydrogens is 509 g/mol. The number of nitrogens with zero attached hydrogens (tertiary/aromatic N) is 7. The molecule has 14 heteroatoms. The second kappa shape index (κ2) is 11.5. The first-order chi connectivity index (χ1) is 18.8. The van der Waals surface area contributed by atoms with Crippen molar-refractivity contribution in [3.63, 3.8) is 0 Å². The van der Waals surface area contributed by atoms with Gasteiger partial charge in [-0.2, -0.15) is 4.98 Å². The molecule has 5 atom stereocenters. The minimum atomic E-state index is -1.24. The average Bonchev–Trinajstić information content (AvgIpc) is 3.49. The van der Waals surface area contributed by atoms with Crippen LogP contribution in [0.25, 0.3) is 0 Å². The van der Waals surface area contributed by atoms with Crippen molar-refractivity contribution in [1.82, 2.24) is 29.7 Å². The highest BCUT2D eigenvalue weighted by molar-refractivity contribution is 5.88. The van der Waals surface area contributed by atoms with Crippen LogP contribution in [0.2, 0.25) is 0 Å². The number of fused-ring (bicyclic) bond motifs is 2. The first kappa shape index (κ1) is 26.8. The molecule has 2 N–H and O–H groups in total. The summed E-state index contributed by atoms with van der Waals surface area (Å²) in [7, 11) is 3.58. The van der Waals surface area contributed by atoms with Crippen LogP contribution in [0.1, 0.15) is 26.2 Å². The number of piperidine rings is 2. The number of anilines is 3. The Morgan fingerprint density at radius 1 is 1.15 bits per heavy atom. The molecule has 39 heavy (non-hydrogen) atoms. The fourth-order valence-corrected chi connectivity index (χ4v) is 5.60. The molecule has 2 bridgehead atoms. The second-order valence-corrected chi connectivity index (χ2v) is 10.2. The number of halogens is 1. The largest absolute Gasteiger partial charge is 0.477 e. The van der Waals surface area contributed by atoms with Crippen molar-refractivity contribution in [3.05, 3.63) is 24.7 Å². The Morgan fingerprint density at radius 2 is 2.00 bits per heavy atom. The van der Waals surface area contributed by atoms with Gasteiger partial charge in [-0.05, 0) is 45.2 Å². The normalized spacial score (nSPS) is 26.3. The number of alkyl halides is 1. The van der Waals surface area contributed by atoms with Gasteiger partial charge in [0.2, 0.25) is 11.8 Å². The van der Waals surface area contributed by atoms with Crippen LogP contribution in [0.3, 0.4) is 0 Å². The molecule has 3 aliphatic rings. The Kier molecular flexibility index (Phi) is 7.91. The second-order valence-electron chi connectivity index (χ2n) is 10.2. The van der Waals surface area contributed by atoms with Crippen LogP contribution in [0.15, 0.2) is 24.7 Å². The lowest BCUT2D eigenvalue weighted by atomic mass is 10.0. The van der Waals surface area contributed by atoms with Gasteiger partial charge in [0.1, 0.15) is 18.1 Å². The van der Waals surface area contributed by atoms with Crippen LogP contribution in [-0.2, 0) is 4.74 Å². The third-order valence-electron chi connectivity index (χ3n) is 7.57. The summed E-state index contributed by atoms with van der Waals surface area (Å²) in [6.07, 6.45) is 4.51. The smallest absolute Gasteiger partial charge is 0.413 e. The van der Waals surface area contributed by atoms with Gasteiger partial charge >= 0.3 is 12.1 Å². The van der Waals surface area contributed by atoms with E-state index in [2.05, 4.69) is 42.5 Å². The van der Waals surface area contributed by atoms with E-state index in [1.54, 1.807) is 11.0 Å². The van der Waals surface area contributed by atoms with E-state index in [0.717, 1.165) is 19.4 Å². The molecule has 2 aromatic rings. The SMILES string of the molecule is CCOc1cnc(NC(=O)N(C)[C@H]2CN(c3nccc(NC(=O)O[C@H]4C[C@H]5C[C@@H]4N(C)C5)n3)CC[C@H]2F)cn1. The minimum absolute atomic E-state index is 0.130. The molecule has 1 aliphatic carbocycles. The molecule has 3 fully saturated rings. The maximum Gasteiger partial charge on any atom is 0.413 e. The molecule has 3 amide bonds. The van der Waals surface area contributed by atoms with Crippen LogP contribution < -0.4 is 20.3 Å². The van der Waals surface area contributed by atoms with Gasteiger partial charge in [-0.25, -0.2) is 28.9 Å². The number of hydrogen-bond donors (Lipinski definition) is 2. The zero-order valence-electron chi connectivity index (χ0n) is 22.3. The summed E-state index contributed by atoms with van der Waals surface area (Å²) in [5.74, 6) is 1.77. The summed E-state index contributed by atoms with van der Waals surface area (Å²) in [6.45, 7) is 3.86. The van der Waals surface area contributed by atoms with E-state index < -0.39 is 24.3 Å². The highest BCUT2D eigenvalue weighted by Gasteiger charge is 2.45. The Morgan fingerprint density at radius 3 is 2.72 bits per heavy atom. The van der Waals surface area contributed by atoms with E-state index in [-0.39, 0.29) is 30.9 Å². The van der Waals surface area contributed by atoms with E-state index in [0.29, 0.717) is 36.7 Å². The molecular formula is C25H34FN9O4. The third-order valence-corrected chi connectivity index (χ3v) is 7.57. The molecule has 0 radical (unpaired) electrons. The molecule has 13 nitrogen and oxygen atoms in total. The van der Waals surface area contributed by atoms with Gasteiger partial charge in [-0.3, -0.25) is 15.5 Å². The highest BCUT2D eigenvalue weighted by atomic mass is 19.1. The standard InChI is InChI=1S/C25H34FN9O4/c1-4-38-22-12-28-21(11-29-22)31-24(36)34(3)18-14-35(8-6-16(18)26)23-27-7-5-20(30-23)32-25(37)39-19-10-15-9-17(19)33(2)13-15/h5,7,11-12,15-19H,4,6,8-10,13-14H2,1-3H3,(H,28,31,36)(H,27,30,32,37)/t15-,16-,17+,18+,19+/m1/s1. The van der Waals surface area contributed by atoms with Crippen molar-refractivity contribution in [2.75, 3.05) is 55.9 Å². The van der Waals surface area contributed by atoms with E-state index in [4.69, 9.17) is 9.47 Å². The number of aromatic nitrogens is 4. The topological polar surface area (TPSA) is 138 Å². The number of amides is 3. The van der Waals surface area contributed by atoms with Crippen LogP contribution >= 0.6 is 0 Å². The predicted molar refractivity (Wildman–Crippen MR) is 141 cm³/mol. The van der Waals surface area contributed by atoms with Crippen molar-refractivity contribution < 1.29 is 23.5 Å². The number of carbonyl (C=O) groups is 2.